The van der Waals surface area contributed by atoms with E-state index in [0.29, 0.717) is 11.4 Å². The smallest absolute Gasteiger partial charge is 0.249 e. The van der Waals surface area contributed by atoms with Crippen molar-refractivity contribution in [1.29, 1.82) is 0 Å². The van der Waals surface area contributed by atoms with Crippen molar-refractivity contribution in [2.75, 3.05) is 0 Å². The maximum Gasteiger partial charge on any atom is 0.249 e. The zero-order valence-electron chi connectivity index (χ0n) is 7.95. The number of pyridine rings is 1. The summed E-state index contributed by atoms with van der Waals surface area (Å²) in [6.45, 7) is 3.71. The Kier molecular flexibility index (Phi) is 3.30. The van der Waals surface area contributed by atoms with Crippen LogP contribution in [0.15, 0.2) is 12.1 Å². The quantitative estimate of drug-likeness (QED) is 0.778. The molecule has 0 saturated carbocycles. The summed E-state index contributed by atoms with van der Waals surface area (Å²) in [5, 5.41) is 0.192. The van der Waals surface area contributed by atoms with Crippen LogP contribution in [0.3, 0.4) is 0 Å². The highest BCUT2D eigenvalue weighted by atomic mass is 35.5. The highest BCUT2D eigenvalue weighted by molar-refractivity contribution is 6.29. The molecule has 1 rings (SSSR count). The number of primary amides is 1. The Hall–Kier alpha value is -1.29. The number of hydrogen-bond acceptors (Lipinski definition) is 3. The standard InChI is InChI=1S/C9H11ClN2O2/c1-5(2)14-8-4-6(9(11)13)3-7(10)12-8/h3-5H,1-2H3,(H2,11,13). The molecule has 0 radical (unpaired) electrons. The van der Waals surface area contributed by atoms with Crippen LogP contribution in [0.25, 0.3) is 0 Å². The molecular weight excluding hydrogens is 204 g/mol. The molecule has 2 N–H and O–H groups in total. The van der Waals surface area contributed by atoms with E-state index in [2.05, 4.69) is 4.98 Å². The van der Waals surface area contributed by atoms with Gasteiger partial charge >= 0.3 is 0 Å². The first-order valence-electron chi connectivity index (χ1n) is 4.13. The number of ether oxygens (including phenoxy) is 1. The van der Waals surface area contributed by atoms with Gasteiger partial charge in [0.25, 0.3) is 0 Å². The number of carbonyl (C=O) groups excluding carboxylic acids is 1. The Bertz CT molecular complexity index is 353. The zero-order chi connectivity index (χ0) is 10.7. The van der Waals surface area contributed by atoms with E-state index in [4.69, 9.17) is 22.1 Å². The van der Waals surface area contributed by atoms with Crippen molar-refractivity contribution in [1.82, 2.24) is 4.98 Å². The van der Waals surface area contributed by atoms with Gasteiger partial charge in [0.2, 0.25) is 11.8 Å². The fraction of sp³-hybridized carbons (Fsp3) is 0.333. The minimum absolute atomic E-state index is 0.0262. The van der Waals surface area contributed by atoms with Gasteiger partial charge in [-0.15, -0.1) is 0 Å². The second-order valence-electron chi connectivity index (χ2n) is 3.05. The molecule has 0 aliphatic rings. The lowest BCUT2D eigenvalue weighted by atomic mass is 10.2. The number of nitrogens with two attached hydrogens (primary N) is 1. The average Bonchev–Trinajstić information content (AvgIpc) is 2.01. The van der Waals surface area contributed by atoms with Gasteiger partial charge < -0.3 is 10.5 Å². The molecule has 0 unspecified atom stereocenters. The van der Waals surface area contributed by atoms with Crippen LogP contribution >= 0.6 is 11.6 Å². The first-order valence-corrected chi connectivity index (χ1v) is 4.51. The first-order chi connectivity index (χ1) is 6.49. The van der Waals surface area contributed by atoms with E-state index in [1.54, 1.807) is 0 Å². The topological polar surface area (TPSA) is 65.2 Å². The predicted molar refractivity (Wildman–Crippen MR) is 53.5 cm³/mol. The molecule has 0 aliphatic heterocycles. The number of amides is 1. The lowest BCUT2D eigenvalue weighted by Gasteiger charge is -2.09. The highest BCUT2D eigenvalue weighted by Crippen LogP contribution is 2.16. The van der Waals surface area contributed by atoms with Gasteiger partial charge in [-0.1, -0.05) is 11.6 Å². The number of hydrogen-bond donors (Lipinski definition) is 1. The number of rotatable bonds is 3. The van der Waals surface area contributed by atoms with Gasteiger partial charge in [-0.05, 0) is 19.9 Å². The molecule has 0 atom stereocenters. The predicted octanol–water partition coefficient (Wildman–Crippen LogP) is 1.62. The first kappa shape index (κ1) is 10.8. The molecule has 14 heavy (non-hydrogen) atoms. The van der Waals surface area contributed by atoms with Gasteiger partial charge in [-0.2, -0.15) is 0 Å². The molecule has 1 heterocycles. The van der Waals surface area contributed by atoms with E-state index < -0.39 is 5.91 Å². The maximum absolute atomic E-state index is 10.9. The Morgan fingerprint density at radius 1 is 1.57 bits per heavy atom. The van der Waals surface area contributed by atoms with Crippen molar-refractivity contribution in [2.45, 2.75) is 20.0 Å². The molecule has 0 aliphatic carbocycles. The normalized spacial score (nSPS) is 10.3. The van der Waals surface area contributed by atoms with Gasteiger partial charge in [0, 0.05) is 11.6 Å². The number of carbonyl (C=O) groups is 1. The van der Waals surface area contributed by atoms with Gasteiger partial charge in [-0.3, -0.25) is 4.79 Å². The van der Waals surface area contributed by atoms with Crippen LogP contribution in [-0.2, 0) is 0 Å². The van der Waals surface area contributed by atoms with Gasteiger partial charge in [-0.25, -0.2) is 4.98 Å². The van der Waals surface area contributed by atoms with Crippen LogP contribution < -0.4 is 10.5 Å². The summed E-state index contributed by atoms with van der Waals surface area (Å²) in [4.78, 5) is 14.8. The third kappa shape index (κ3) is 2.88. The van der Waals surface area contributed by atoms with Crippen molar-refractivity contribution >= 4 is 17.5 Å². The molecule has 5 heteroatoms. The minimum atomic E-state index is -0.553. The molecule has 0 aromatic carbocycles. The Morgan fingerprint density at radius 3 is 2.71 bits per heavy atom. The van der Waals surface area contributed by atoms with Gasteiger partial charge in [0.05, 0.1) is 6.10 Å². The molecule has 0 spiro atoms. The summed E-state index contributed by atoms with van der Waals surface area (Å²) < 4.78 is 5.28. The average molecular weight is 215 g/mol. The summed E-state index contributed by atoms with van der Waals surface area (Å²) in [6.07, 6.45) is -0.0262. The summed E-state index contributed by atoms with van der Waals surface area (Å²) in [7, 11) is 0. The summed E-state index contributed by atoms with van der Waals surface area (Å²) in [6, 6.07) is 2.87. The second-order valence-corrected chi connectivity index (χ2v) is 3.43. The van der Waals surface area contributed by atoms with Gasteiger partial charge in [0.1, 0.15) is 5.15 Å². The van der Waals surface area contributed by atoms with Crippen LogP contribution in [0.1, 0.15) is 24.2 Å². The third-order valence-corrected chi connectivity index (χ3v) is 1.61. The number of halogens is 1. The summed E-state index contributed by atoms with van der Waals surface area (Å²) in [5.41, 5.74) is 5.39. The van der Waals surface area contributed by atoms with E-state index in [9.17, 15) is 4.79 Å². The van der Waals surface area contributed by atoms with Crippen LogP contribution in [0.5, 0.6) is 5.88 Å². The number of aromatic nitrogens is 1. The fourth-order valence-corrected chi connectivity index (χ4v) is 1.12. The lowest BCUT2D eigenvalue weighted by Crippen LogP contribution is -2.13. The van der Waals surface area contributed by atoms with Crippen molar-refractivity contribution in [3.63, 3.8) is 0 Å². The molecule has 0 saturated heterocycles. The molecule has 76 valence electrons. The van der Waals surface area contributed by atoms with Crippen LogP contribution in [0.4, 0.5) is 0 Å². The van der Waals surface area contributed by atoms with Crippen LogP contribution in [0, 0.1) is 0 Å². The lowest BCUT2D eigenvalue weighted by molar-refractivity contribution is 0.0999. The fourth-order valence-electron chi connectivity index (χ4n) is 0.917. The van der Waals surface area contributed by atoms with Crippen molar-refractivity contribution in [3.8, 4) is 5.88 Å². The van der Waals surface area contributed by atoms with Crippen LogP contribution in [-0.4, -0.2) is 17.0 Å². The van der Waals surface area contributed by atoms with Crippen molar-refractivity contribution in [2.24, 2.45) is 5.73 Å². The van der Waals surface area contributed by atoms with E-state index >= 15 is 0 Å². The Balaban J connectivity index is 3.01. The maximum atomic E-state index is 10.9. The number of nitrogens with zero attached hydrogens (tertiary/aromatic N) is 1. The monoisotopic (exact) mass is 214 g/mol. The SMILES string of the molecule is CC(C)Oc1cc(C(N)=O)cc(Cl)n1. The molecular formula is C9H11ClN2O2. The zero-order valence-corrected chi connectivity index (χ0v) is 8.71. The van der Waals surface area contributed by atoms with Crippen molar-refractivity contribution < 1.29 is 9.53 Å². The highest BCUT2D eigenvalue weighted by Gasteiger charge is 2.07. The Labute approximate surface area is 87.0 Å². The van der Waals surface area contributed by atoms with E-state index in [1.165, 1.54) is 12.1 Å². The summed E-state index contributed by atoms with van der Waals surface area (Å²) in [5.74, 6) is -0.246. The Morgan fingerprint density at radius 2 is 2.21 bits per heavy atom. The van der Waals surface area contributed by atoms with E-state index in [0.717, 1.165) is 0 Å². The molecule has 1 aromatic heterocycles. The molecule has 4 nitrogen and oxygen atoms in total. The molecule has 0 fully saturated rings. The van der Waals surface area contributed by atoms with E-state index in [1.807, 2.05) is 13.8 Å². The van der Waals surface area contributed by atoms with E-state index in [-0.39, 0.29) is 11.3 Å². The minimum Gasteiger partial charge on any atom is -0.475 e. The largest absolute Gasteiger partial charge is 0.475 e. The van der Waals surface area contributed by atoms with Crippen molar-refractivity contribution in [3.05, 3.63) is 22.8 Å². The molecule has 1 aromatic rings. The third-order valence-electron chi connectivity index (χ3n) is 1.41. The molecule has 0 bridgehead atoms. The molecule has 1 amide bonds. The second kappa shape index (κ2) is 4.28. The summed E-state index contributed by atoms with van der Waals surface area (Å²) >= 11 is 5.68. The van der Waals surface area contributed by atoms with Crippen LogP contribution in [0.2, 0.25) is 5.15 Å². The van der Waals surface area contributed by atoms with Gasteiger partial charge in [0.15, 0.2) is 0 Å².